The van der Waals surface area contributed by atoms with Gasteiger partial charge in [-0.05, 0) is 30.2 Å². The molecule has 0 bridgehead atoms. The van der Waals surface area contributed by atoms with Crippen LogP contribution in [0.4, 0.5) is 5.69 Å². The van der Waals surface area contributed by atoms with Crippen LogP contribution in [-0.4, -0.2) is 15.7 Å². The van der Waals surface area contributed by atoms with Gasteiger partial charge in [-0.2, -0.15) is 0 Å². The van der Waals surface area contributed by atoms with Gasteiger partial charge < -0.3 is 9.40 Å². The monoisotopic (exact) mass is 370 g/mol. The van der Waals surface area contributed by atoms with Crippen molar-refractivity contribution in [3.63, 3.8) is 0 Å². The molecule has 0 aliphatic heterocycles. The van der Waals surface area contributed by atoms with Gasteiger partial charge in [0.2, 0.25) is 5.78 Å². The van der Waals surface area contributed by atoms with Crippen molar-refractivity contribution in [3.05, 3.63) is 83.1 Å². The van der Waals surface area contributed by atoms with E-state index < -0.39 is 4.92 Å². The van der Waals surface area contributed by atoms with Crippen molar-refractivity contribution in [1.29, 1.82) is 0 Å². The molecule has 2 heterocycles. The highest BCUT2D eigenvalue weighted by Gasteiger charge is 2.12. The summed E-state index contributed by atoms with van der Waals surface area (Å²) in [5, 5.41) is 11.2. The first-order valence-electron chi connectivity index (χ1n) is 7.75. The summed E-state index contributed by atoms with van der Waals surface area (Å²) in [6.07, 6.45) is 4.78. The van der Waals surface area contributed by atoms with Crippen LogP contribution >= 0.6 is 11.3 Å². The van der Waals surface area contributed by atoms with Gasteiger partial charge in [0, 0.05) is 17.7 Å². The number of aromatic amines is 1. The number of furan rings is 1. The maximum absolute atomic E-state index is 12.1. The van der Waals surface area contributed by atoms with Crippen LogP contribution in [0.5, 0.6) is 0 Å². The maximum Gasteiger partial charge on any atom is 0.273 e. The molecule has 0 radical (unpaired) electrons. The van der Waals surface area contributed by atoms with Crippen LogP contribution in [0.15, 0.2) is 45.8 Å². The number of aryl methyl sites for hydroxylation is 1. The fourth-order valence-electron chi connectivity index (χ4n) is 2.42. The van der Waals surface area contributed by atoms with Gasteiger partial charge >= 0.3 is 0 Å². The number of nitrogens with one attached hydrogen (secondary N) is 1. The maximum atomic E-state index is 12.1. The van der Waals surface area contributed by atoms with E-state index in [2.05, 4.69) is 4.98 Å². The summed E-state index contributed by atoms with van der Waals surface area (Å²) in [5.74, 6) is -0.183. The zero-order valence-corrected chi connectivity index (χ0v) is 14.5. The third-order valence-electron chi connectivity index (χ3n) is 3.69. The first-order chi connectivity index (χ1) is 12.5. The van der Waals surface area contributed by atoms with Crippen molar-refractivity contribution in [2.24, 2.45) is 0 Å². The third-order valence-corrected chi connectivity index (χ3v) is 4.65. The van der Waals surface area contributed by atoms with E-state index in [-0.39, 0.29) is 22.8 Å². The summed E-state index contributed by atoms with van der Waals surface area (Å²) in [7, 11) is 0. The summed E-state index contributed by atoms with van der Waals surface area (Å²) in [6.45, 7) is 1.84. The third kappa shape index (κ3) is 3.70. The summed E-state index contributed by atoms with van der Waals surface area (Å²) in [4.78, 5) is 37.4. The van der Waals surface area contributed by atoms with Gasteiger partial charge in [-0.25, -0.2) is 0 Å². The number of carbonyl (C=O) groups is 1. The number of nitrogens with zero attached hydrogens (tertiary/aromatic N) is 1. The first-order valence-corrected chi connectivity index (χ1v) is 8.57. The molecular weight excluding hydrogens is 356 g/mol. The molecule has 1 N–H and O–H groups in total. The van der Waals surface area contributed by atoms with E-state index in [0.29, 0.717) is 26.7 Å². The smallest absolute Gasteiger partial charge is 0.273 e. The molecule has 0 aliphatic carbocycles. The SMILES string of the molecule is CCc1ccc(/C=c2\s/c(=C\C(=O)c3ccco3)[nH]c2=O)cc1[N+](=O)[O-]. The molecule has 3 rings (SSSR count). The van der Waals surface area contributed by atoms with Crippen LogP contribution in [0.2, 0.25) is 0 Å². The Morgan fingerprint density at radius 2 is 2.19 bits per heavy atom. The van der Waals surface area contributed by atoms with E-state index >= 15 is 0 Å². The second-order valence-electron chi connectivity index (χ2n) is 5.41. The number of carbonyl (C=O) groups excluding carboxylic acids is 1. The summed E-state index contributed by atoms with van der Waals surface area (Å²) in [6, 6.07) is 7.98. The summed E-state index contributed by atoms with van der Waals surface area (Å²) in [5.41, 5.74) is 0.834. The second-order valence-corrected chi connectivity index (χ2v) is 6.50. The predicted octanol–water partition coefficient (Wildman–Crippen LogP) is 1.99. The van der Waals surface area contributed by atoms with E-state index in [4.69, 9.17) is 4.42 Å². The molecule has 0 fully saturated rings. The van der Waals surface area contributed by atoms with Gasteiger partial charge in [-0.1, -0.05) is 19.1 Å². The van der Waals surface area contributed by atoms with Crippen LogP contribution in [0.3, 0.4) is 0 Å². The van der Waals surface area contributed by atoms with Crippen molar-refractivity contribution in [1.82, 2.24) is 4.98 Å². The molecule has 1 aromatic carbocycles. The summed E-state index contributed by atoms with van der Waals surface area (Å²) >= 11 is 1.09. The Balaban J connectivity index is 2.02. The van der Waals surface area contributed by atoms with E-state index in [1.165, 1.54) is 24.5 Å². The molecule has 0 spiro atoms. The average molecular weight is 370 g/mol. The largest absolute Gasteiger partial charge is 0.461 e. The Labute approximate surface area is 151 Å². The van der Waals surface area contributed by atoms with Crippen LogP contribution in [0.1, 0.15) is 28.6 Å². The van der Waals surface area contributed by atoms with Crippen LogP contribution < -0.4 is 14.8 Å². The number of hydrogen-bond donors (Lipinski definition) is 1. The lowest BCUT2D eigenvalue weighted by Gasteiger charge is -2.00. The average Bonchev–Trinajstić information content (AvgIpc) is 3.25. The lowest BCUT2D eigenvalue weighted by atomic mass is 10.1. The Morgan fingerprint density at radius 3 is 2.85 bits per heavy atom. The van der Waals surface area contributed by atoms with Gasteiger partial charge in [-0.15, -0.1) is 11.3 Å². The van der Waals surface area contributed by atoms with Gasteiger partial charge in [0.15, 0.2) is 5.76 Å². The molecule has 8 heteroatoms. The molecule has 7 nitrogen and oxygen atoms in total. The number of benzene rings is 1. The van der Waals surface area contributed by atoms with E-state index in [9.17, 15) is 19.7 Å². The van der Waals surface area contributed by atoms with Crippen LogP contribution in [0, 0.1) is 10.1 Å². The second kappa shape index (κ2) is 7.32. The number of hydrogen-bond acceptors (Lipinski definition) is 6. The molecule has 3 aromatic rings. The Bertz CT molecular complexity index is 1140. The predicted molar refractivity (Wildman–Crippen MR) is 97.7 cm³/mol. The molecule has 0 aliphatic rings. The minimum atomic E-state index is -0.434. The molecule has 0 saturated carbocycles. The normalized spacial score (nSPS) is 12.5. The highest BCUT2D eigenvalue weighted by Crippen LogP contribution is 2.21. The quantitative estimate of drug-likeness (QED) is 0.420. The zero-order chi connectivity index (χ0) is 18.7. The number of aromatic nitrogens is 1. The molecule has 2 aromatic heterocycles. The lowest BCUT2D eigenvalue weighted by Crippen LogP contribution is -2.20. The molecular formula is C18H14N2O5S. The van der Waals surface area contributed by atoms with E-state index in [0.717, 1.165) is 11.3 Å². The molecule has 0 amide bonds. The van der Waals surface area contributed by atoms with E-state index in [1.807, 2.05) is 6.92 Å². The van der Waals surface area contributed by atoms with Crippen LogP contribution in [0.25, 0.3) is 12.2 Å². The van der Waals surface area contributed by atoms with Gasteiger partial charge in [0.25, 0.3) is 11.2 Å². The minimum absolute atomic E-state index is 0.0222. The van der Waals surface area contributed by atoms with E-state index in [1.54, 1.807) is 24.3 Å². The van der Waals surface area contributed by atoms with Crippen LogP contribution in [-0.2, 0) is 6.42 Å². The Morgan fingerprint density at radius 1 is 1.38 bits per heavy atom. The van der Waals surface area contributed by atoms with Crippen molar-refractivity contribution >= 4 is 35.0 Å². The molecule has 0 atom stereocenters. The first kappa shape index (κ1) is 17.6. The summed E-state index contributed by atoms with van der Waals surface area (Å²) < 4.78 is 5.74. The molecule has 132 valence electrons. The topological polar surface area (TPSA) is 106 Å². The zero-order valence-electron chi connectivity index (χ0n) is 13.7. The molecule has 0 saturated heterocycles. The number of H-pyrrole nitrogens is 1. The molecule has 26 heavy (non-hydrogen) atoms. The lowest BCUT2D eigenvalue weighted by molar-refractivity contribution is -0.385. The van der Waals surface area contributed by atoms with Gasteiger partial charge in [0.1, 0.15) is 0 Å². The van der Waals surface area contributed by atoms with Gasteiger partial charge in [0.05, 0.1) is 20.4 Å². The molecule has 0 unspecified atom stereocenters. The van der Waals surface area contributed by atoms with Crippen molar-refractivity contribution in [3.8, 4) is 0 Å². The Kier molecular flexibility index (Phi) is 4.94. The fourth-order valence-corrected chi connectivity index (χ4v) is 3.31. The Hall–Kier alpha value is -3.26. The van der Waals surface area contributed by atoms with Crippen molar-refractivity contribution in [2.75, 3.05) is 0 Å². The number of nitro benzene ring substituents is 1. The number of rotatable bonds is 5. The highest BCUT2D eigenvalue weighted by molar-refractivity contribution is 7.07. The number of ketones is 1. The minimum Gasteiger partial charge on any atom is -0.461 e. The van der Waals surface area contributed by atoms with Crippen molar-refractivity contribution in [2.45, 2.75) is 13.3 Å². The standard InChI is InChI=1S/C18H14N2O5S/c1-2-12-6-5-11(8-13(12)20(23)24)9-16-18(22)19-17(26-16)10-14(21)15-4-3-7-25-15/h3-10H,2H2,1H3,(H,19,22)/b16-9-,17-10-. The number of nitro groups is 1. The van der Waals surface area contributed by atoms with Crippen molar-refractivity contribution < 1.29 is 14.1 Å². The number of thiazole rings is 1. The highest BCUT2D eigenvalue weighted by atomic mass is 32.1. The number of Topliss-reactive ketones (excluding diaryl/α,β-unsaturated/α-hetero) is 1. The fraction of sp³-hybridized carbons (Fsp3) is 0.111. The van der Waals surface area contributed by atoms with Gasteiger partial charge in [-0.3, -0.25) is 19.7 Å².